The van der Waals surface area contributed by atoms with Crippen molar-refractivity contribution in [1.82, 2.24) is 10.2 Å². The summed E-state index contributed by atoms with van der Waals surface area (Å²) in [7, 11) is 0. The predicted molar refractivity (Wildman–Crippen MR) is 79.0 cm³/mol. The first kappa shape index (κ1) is 17.1. The summed E-state index contributed by atoms with van der Waals surface area (Å²) in [5.41, 5.74) is 1.54. The molecule has 0 bridgehead atoms. The fraction of sp³-hybridized carbons (Fsp3) is 0.467. The molecule has 0 radical (unpaired) electrons. The standard InChI is InChI=1S/C15H18F3N3O2/c1-10-4-2-5-11(8-10)20-14(23)21-7-3-6-12(21)13(22)19-9-15(16,17)18/h2,4-5,8,12H,3,6-7,9H2,1H3,(H,19,22)(H,20,23)/t12-/m1/s1. The van der Waals surface area contributed by atoms with Crippen LogP contribution in [0.2, 0.25) is 0 Å². The topological polar surface area (TPSA) is 61.4 Å². The lowest BCUT2D eigenvalue weighted by Gasteiger charge is -2.24. The molecule has 1 fully saturated rings. The molecular formula is C15H18F3N3O2. The van der Waals surface area contributed by atoms with E-state index in [2.05, 4.69) is 5.32 Å². The monoisotopic (exact) mass is 329 g/mol. The lowest BCUT2D eigenvalue weighted by atomic mass is 10.2. The van der Waals surface area contributed by atoms with E-state index in [1.54, 1.807) is 18.2 Å². The van der Waals surface area contributed by atoms with Crippen LogP contribution in [0.4, 0.5) is 23.7 Å². The summed E-state index contributed by atoms with van der Waals surface area (Å²) in [5, 5.41) is 4.50. The zero-order valence-electron chi connectivity index (χ0n) is 12.6. The van der Waals surface area contributed by atoms with Crippen molar-refractivity contribution in [2.45, 2.75) is 32.0 Å². The van der Waals surface area contributed by atoms with Gasteiger partial charge in [0.05, 0.1) is 0 Å². The molecule has 3 amide bonds. The van der Waals surface area contributed by atoms with E-state index >= 15 is 0 Å². The zero-order valence-corrected chi connectivity index (χ0v) is 12.6. The highest BCUT2D eigenvalue weighted by atomic mass is 19.4. The van der Waals surface area contributed by atoms with Crippen LogP contribution in [0.3, 0.4) is 0 Å². The molecule has 5 nitrogen and oxygen atoms in total. The van der Waals surface area contributed by atoms with Crippen LogP contribution in [0.5, 0.6) is 0 Å². The Balaban J connectivity index is 1.97. The van der Waals surface area contributed by atoms with Gasteiger partial charge in [-0.05, 0) is 37.5 Å². The van der Waals surface area contributed by atoms with Crippen LogP contribution in [-0.4, -0.2) is 42.1 Å². The van der Waals surface area contributed by atoms with E-state index in [0.29, 0.717) is 25.1 Å². The number of carbonyl (C=O) groups excluding carboxylic acids is 2. The number of amides is 3. The van der Waals surface area contributed by atoms with Crippen molar-refractivity contribution in [2.24, 2.45) is 0 Å². The summed E-state index contributed by atoms with van der Waals surface area (Å²) in [6.45, 7) is 0.816. The van der Waals surface area contributed by atoms with Crippen molar-refractivity contribution >= 4 is 17.6 Å². The number of nitrogens with zero attached hydrogens (tertiary/aromatic N) is 1. The van der Waals surface area contributed by atoms with E-state index in [9.17, 15) is 22.8 Å². The van der Waals surface area contributed by atoms with Gasteiger partial charge in [-0.15, -0.1) is 0 Å². The number of urea groups is 1. The van der Waals surface area contributed by atoms with Gasteiger partial charge >= 0.3 is 12.2 Å². The van der Waals surface area contributed by atoms with Crippen LogP contribution >= 0.6 is 0 Å². The number of hydrogen-bond donors (Lipinski definition) is 2. The number of aryl methyl sites for hydroxylation is 1. The predicted octanol–water partition coefficient (Wildman–Crippen LogP) is 2.67. The van der Waals surface area contributed by atoms with Gasteiger partial charge in [0.2, 0.25) is 5.91 Å². The maximum absolute atomic E-state index is 12.3. The summed E-state index contributed by atoms with van der Waals surface area (Å²) >= 11 is 0. The number of likely N-dealkylation sites (tertiary alicyclic amines) is 1. The molecule has 0 spiro atoms. The molecule has 8 heteroatoms. The lowest BCUT2D eigenvalue weighted by molar-refractivity contribution is -0.140. The second kappa shape index (κ2) is 6.89. The molecular weight excluding hydrogens is 311 g/mol. The van der Waals surface area contributed by atoms with Crippen molar-refractivity contribution in [3.8, 4) is 0 Å². The normalized spacial score (nSPS) is 17.9. The quantitative estimate of drug-likeness (QED) is 0.896. The van der Waals surface area contributed by atoms with Gasteiger partial charge < -0.3 is 15.5 Å². The molecule has 0 aromatic heterocycles. The second-order valence-corrected chi connectivity index (χ2v) is 5.48. The van der Waals surface area contributed by atoms with Crippen molar-refractivity contribution < 1.29 is 22.8 Å². The van der Waals surface area contributed by atoms with Gasteiger partial charge in [0.1, 0.15) is 12.6 Å². The minimum atomic E-state index is -4.47. The molecule has 1 aliphatic heterocycles. The van der Waals surface area contributed by atoms with Gasteiger partial charge in [-0.3, -0.25) is 4.79 Å². The van der Waals surface area contributed by atoms with Crippen LogP contribution in [0.25, 0.3) is 0 Å². The minimum Gasteiger partial charge on any atom is -0.345 e. The molecule has 2 N–H and O–H groups in total. The lowest BCUT2D eigenvalue weighted by Crippen LogP contribution is -2.49. The summed E-state index contributed by atoms with van der Waals surface area (Å²) in [4.78, 5) is 25.4. The number of rotatable bonds is 3. The first-order chi connectivity index (χ1) is 10.8. The molecule has 2 rings (SSSR count). The molecule has 23 heavy (non-hydrogen) atoms. The number of anilines is 1. The van der Waals surface area contributed by atoms with E-state index in [4.69, 9.17) is 0 Å². The molecule has 1 heterocycles. The smallest absolute Gasteiger partial charge is 0.345 e. The first-order valence-electron chi connectivity index (χ1n) is 7.25. The third kappa shape index (κ3) is 4.87. The largest absolute Gasteiger partial charge is 0.405 e. The van der Waals surface area contributed by atoms with Gasteiger partial charge in [-0.2, -0.15) is 13.2 Å². The SMILES string of the molecule is Cc1cccc(NC(=O)N2CCC[C@@H]2C(=O)NCC(F)(F)F)c1. The summed E-state index contributed by atoms with van der Waals surface area (Å²) in [6, 6.07) is 5.77. The molecule has 126 valence electrons. The van der Waals surface area contributed by atoms with E-state index < -0.39 is 30.7 Å². The fourth-order valence-corrected chi connectivity index (χ4v) is 2.51. The van der Waals surface area contributed by atoms with Gasteiger partial charge in [-0.25, -0.2) is 4.79 Å². The maximum atomic E-state index is 12.3. The molecule has 1 aliphatic rings. The van der Waals surface area contributed by atoms with E-state index in [1.165, 1.54) is 4.90 Å². The van der Waals surface area contributed by atoms with Crippen LogP contribution in [0.1, 0.15) is 18.4 Å². The number of carbonyl (C=O) groups is 2. The van der Waals surface area contributed by atoms with Crippen molar-refractivity contribution in [1.29, 1.82) is 0 Å². The molecule has 1 aromatic carbocycles. The van der Waals surface area contributed by atoms with E-state index in [0.717, 1.165) is 5.56 Å². The van der Waals surface area contributed by atoms with Crippen LogP contribution < -0.4 is 10.6 Å². The average Bonchev–Trinajstić information content (AvgIpc) is 2.93. The minimum absolute atomic E-state index is 0.335. The number of nitrogens with one attached hydrogen (secondary N) is 2. The van der Waals surface area contributed by atoms with Crippen molar-refractivity contribution in [3.63, 3.8) is 0 Å². The molecule has 0 unspecified atom stereocenters. The number of hydrogen-bond acceptors (Lipinski definition) is 2. The average molecular weight is 329 g/mol. The first-order valence-corrected chi connectivity index (χ1v) is 7.25. The van der Waals surface area contributed by atoms with Gasteiger partial charge in [0, 0.05) is 12.2 Å². The summed E-state index contributed by atoms with van der Waals surface area (Å²) < 4.78 is 36.5. The Hall–Kier alpha value is -2.25. The molecule has 0 aliphatic carbocycles. The molecule has 1 aromatic rings. The second-order valence-electron chi connectivity index (χ2n) is 5.48. The number of benzene rings is 1. The third-order valence-corrected chi connectivity index (χ3v) is 3.55. The molecule has 1 saturated heterocycles. The van der Waals surface area contributed by atoms with Crippen LogP contribution in [0.15, 0.2) is 24.3 Å². The van der Waals surface area contributed by atoms with E-state index in [-0.39, 0.29) is 0 Å². The number of halogens is 3. The van der Waals surface area contributed by atoms with Gasteiger partial charge in [0.15, 0.2) is 0 Å². The fourth-order valence-electron chi connectivity index (χ4n) is 2.51. The summed E-state index contributed by atoms with van der Waals surface area (Å²) in [5.74, 6) is -0.779. The van der Waals surface area contributed by atoms with Gasteiger partial charge in [0.25, 0.3) is 0 Å². The van der Waals surface area contributed by atoms with Crippen LogP contribution in [-0.2, 0) is 4.79 Å². The summed E-state index contributed by atoms with van der Waals surface area (Å²) in [6.07, 6.45) is -3.54. The van der Waals surface area contributed by atoms with Crippen molar-refractivity contribution in [3.05, 3.63) is 29.8 Å². The highest BCUT2D eigenvalue weighted by Crippen LogP contribution is 2.20. The third-order valence-electron chi connectivity index (χ3n) is 3.55. The Bertz CT molecular complexity index is 590. The van der Waals surface area contributed by atoms with Crippen molar-refractivity contribution in [2.75, 3.05) is 18.4 Å². The Morgan fingerprint density at radius 3 is 2.74 bits per heavy atom. The molecule has 1 atom stereocenters. The Kier molecular flexibility index (Phi) is 5.12. The van der Waals surface area contributed by atoms with Gasteiger partial charge in [-0.1, -0.05) is 12.1 Å². The maximum Gasteiger partial charge on any atom is 0.405 e. The zero-order chi connectivity index (χ0) is 17.0. The molecule has 0 saturated carbocycles. The highest BCUT2D eigenvalue weighted by molar-refractivity contribution is 5.94. The number of alkyl halides is 3. The highest BCUT2D eigenvalue weighted by Gasteiger charge is 2.36. The Morgan fingerprint density at radius 2 is 2.09 bits per heavy atom. The Labute approximate surface area is 131 Å². The van der Waals surface area contributed by atoms with Crippen LogP contribution in [0, 0.1) is 6.92 Å². The Morgan fingerprint density at radius 1 is 1.35 bits per heavy atom. The van der Waals surface area contributed by atoms with E-state index in [1.807, 2.05) is 18.3 Å².